The number of urea groups is 1. The van der Waals surface area contributed by atoms with Gasteiger partial charge in [0.05, 0.1) is 18.4 Å². The number of benzene rings is 1. The summed E-state index contributed by atoms with van der Waals surface area (Å²) in [5.41, 5.74) is 0.716. The number of methoxy groups -OCH3 is 1. The highest BCUT2D eigenvalue weighted by atomic mass is 32.1. The number of nitrogens with one attached hydrogen (secondary N) is 1. The van der Waals surface area contributed by atoms with Gasteiger partial charge in [0, 0.05) is 19.8 Å². The number of hydrogen-bond donors (Lipinski definition) is 1. The summed E-state index contributed by atoms with van der Waals surface area (Å²) in [6, 6.07) is 5.26. The van der Waals surface area contributed by atoms with Gasteiger partial charge in [-0.3, -0.25) is 5.32 Å². The molecule has 0 saturated heterocycles. The molecular weight excluding hydrogens is 382 g/mol. The number of rotatable bonds is 9. The van der Waals surface area contributed by atoms with Crippen molar-refractivity contribution in [2.45, 2.75) is 34.0 Å². The first-order valence-electron chi connectivity index (χ1n) is 9.16. The number of thiazole rings is 1. The lowest BCUT2D eigenvalue weighted by Crippen LogP contribution is -2.36. The Hall–Kier alpha value is -2.23. The minimum absolute atomic E-state index is 0.0370. The van der Waals surface area contributed by atoms with E-state index in [1.54, 1.807) is 7.11 Å². The largest absolute Gasteiger partial charge is 0.494 e. The zero-order chi connectivity index (χ0) is 20.9. The van der Waals surface area contributed by atoms with Crippen molar-refractivity contribution < 1.29 is 23.8 Å². The highest BCUT2D eigenvalue weighted by molar-refractivity contribution is 7.22. The van der Waals surface area contributed by atoms with E-state index in [4.69, 9.17) is 14.2 Å². The second-order valence-electron chi connectivity index (χ2n) is 5.44. The maximum atomic E-state index is 12.0. The molecule has 0 spiro atoms. The maximum absolute atomic E-state index is 12.0. The van der Waals surface area contributed by atoms with Gasteiger partial charge >= 0.3 is 6.03 Å². The van der Waals surface area contributed by atoms with Gasteiger partial charge in [-0.15, -0.1) is 0 Å². The molecule has 1 heterocycles. The first-order valence-corrected chi connectivity index (χ1v) is 9.98. The standard InChI is InChI=1S/C13H15N3O3S.C6H14O2/c1-3-16(7-8-17)13(18)15-12-14-11-9(19-2)5-4-6-10(11)20-12;1-4-7-6(3)8-5-2/h4-6,8H,3,7H2,1-2H3,(H,14,15,18);6H,4-5H2,1-3H3. The number of ether oxygens (including phenoxy) is 3. The molecule has 0 unspecified atom stereocenters. The molecule has 0 atom stereocenters. The van der Waals surface area contributed by atoms with Crippen LogP contribution in [0.4, 0.5) is 9.93 Å². The molecular formula is C19H29N3O5S. The third-order valence-corrected chi connectivity index (χ3v) is 4.52. The van der Waals surface area contributed by atoms with Gasteiger partial charge in [-0.2, -0.15) is 0 Å². The second kappa shape index (κ2) is 13.0. The molecule has 0 aliphatic heterocycles. The Labute approximate surface area is 169 Å². The van der Waals surface area contributed by atoms with Gasteiger partial charge in [0.2, 0.25) is 0 Å². The summed E-state index contributed by atoms with van der Waals surface area (Å²) in [6.07, 6.45) is 0.662. The van der Waals surface area contributed by atoms with Crippen molar-refractivity contribution in [1.29, 1.82) is 0 Å². The minimum atomic E-state index is -0.336. The number of nitrogens with zero attached hydrogens (tertiary/aromatic N) is 2. The number of carbonyl (C=O) groups is 2. The van der Waals surface area contributed by atoms with E-state index in [-0.39, 0.29) is 18.9 Å². The first kappa shape index (κ1) is 23.8. The van der Waals surface area contributed by atoms with Crippen LogP contribution in [-0.4, -0.2) is 61.9 Å². The predicted octanol–water partition coefficient (Wildman–Crippen LogP) is 3.76. The topological polar surface area (TPSA) is 90.0 Å². The molecule has 28 heavy (non-hydrogen) atoms. The first-order chi connectivity index (χ1) is 13.5. The van der Waals surface area contributed by atoms with Crippen LogP contribution in [0.1, 0.15) is 27.7 Å². The molecule has 9 heteroatoms. The lowest BCUT2D eigenvalue weighted by atomic mass is 10.3. The van der Waals surface area contributed by atoms with Gasteiger partial charge < -0.3 is 23.9 Å². The van der Waals surface area contributed by atoms with E-state index in [1.807, 2.05) is 45.9 Å². The van der Waals surface area contributed by atoms with Crippen LogP contribution in [0.2, 0.25) is 0 Å². The number of aromatic nitrogens is 1. The lowest BCUT2D eigenvalue weighted by Gasteiger charge is -2.17. The van der Waals surface area contributed by atoms with E-state index in [9.17, 15) is 9.59 Å². The number of fused-ring (bicyclic) bond motifs is 1. The van der Waals surface area contributed by atoms with Crippen LogP contribution in [0, 0.1) is 0 Å². The molecule has 1 aromatic carbocycles. The molecule has 0 aliphatic rings. The van der Waals surface area contributed by atoms with E-state index in [0.29, 0.717) is 29.2 Å². The normalized spacial score (nSPS) is 10.4. The van der Waals surface area contributed by atoms with Crippen LogP contribution >= 0.6 is 11.3 Å². The van der Waals surface area contributed by atoms with Gasteiger partial charge in [0.15, 0.2) is 11.4 Å². The molecule has 1 aromatic heterocycles. The summed E-state index contributed by atoms with van der Waals surface area (Å²) in [5, 5.41) is 3.18. The number of carbonyl (C=O) groups excluding carboxylic acids is 2. The minimum Gasteiger partial charge on any atom is -0.494 e. The molecule has 0 bridgehead atoms. The van der Waals surface area contributed by atoms with Crippen molar-refractivity contribution in [3.63, 3.8) is 0 Å². The molecule has 2 amide bonds. The number of aldehydes is 1. The van der Waals surface area contributed by atoms with Gasteiger partial charge in [-0.05, 0) is 39.8 Å². The van der Waals surface area contributed by atoms with Crippen molar-refractivity contribution in [1.82, 2.24) is 9.88 Å². The van der Waals surface area contributed by atoms with E-state index in [0.717, 1.165) is 17.9 Å². The summed E-state index contributed by atoms with van der Waals surface area (Å²) >= 11 is 1.36. The van der Waals surface area contributed by atoms with Gasteiger partial charge in [-0.1, -0.05) is 17.4 Å². The molecule has 2 rings (SSSR count). The maximum Gasteiger partial charge on any atom is 0.324 e. The molecule has 2 aromatic rings. The molecule has 8 nitrogen and oxygen atoms in total. The van der Waals surface area contributed by atoms with E-state index >= 15 is 0 Å². The molecule has 0 radical (unpaired) electrons. The number of para-hydroxylation sites is 1. The van der Waals surface area contributed by atoms with Crippen molar-refractivity contribution in [3.8, 4) is 5.75 Å². The van der Waals surface area contributed by atoms with Gasteiger partial charge in [0.1, 0.15) is 17.6 Å². The van der Waals surface area contributed by atoms with Crippen LogP contribution in [0.15, 0.2) is 18.2 Å². The summed E-state index contributed by atoms with van der Waals surface area (Å²) < 4.78 is 16.3. The fraction of sp³-hybridized carbons (Fsp3) is 0.526. The smallest absolute Gasteiger partial charge is 0.324 e. The average molecular weight is 412 g/mol. The average Bonchev–Trinajstić information content (AvgIpc) is 3.09. The summed E-state index contributed by atoms with van der Waals surface area (Å²) in [5.74, 6) is 0.666. The van der Waals surface area contributed by atoms with Gasteiger partial charge in [0.25, 0.3) is 0 Å². The van der Waals surface area contributed by atoms with Crippen molar-refractivity contribution >= 4 is 39.0 Å². The van der Waals surface area contributed by atoms with Gasteiger partial charge in [-0.25, -0.2) is 9.78 Å². The Morgan fingerprint density at radius 2 is 1.96 bits per heavy atom. The number of amides is 2. The van der Waals surface area contributed by atoms with Crippen LogP contribution in [0.25, 0.3) is 10.2 Å². The lowest BCUT2D eigenvalue weighted by molar-refractivity contribution is -0.123. The highest BCUT2D eigenvalue weighted by Gasteiger charge is 2.14. The van der Waals surface area contributed by atoms with E-state index in [2.05, 4.69) is 10.3 Å². The molecule has 0 fully saturated rings. The summed E-state index contributed by atoms with van der Waals surface area (Å²) in [4.78, 5) is 28.2. The Morgan fingerprint density at radius 3 is 2.50 bits per heavy atom. The van der Waals surface area contributed by atoms with Crippen LogP contribution in [-0.2, 0) is 14.3 Å². The van der Waals surface area contributed by atoms with E-state index < -0.39 is 0 Å². The Kier molecular flexibility index (Phi) is 11.1. The molecule has 0 aliphatic carbocycles. The van der Waals surface area contributed by atoms with Crippen LogP contribution < -0.4 is 10.1 Å². The zero-order valence-electron chi connectivity index (χ0n) is 17.1. The quantitative estimate of drug-likeness (QED) is 0.499. The predicted molar refractivity (Wildman–Crippen MR) is 111 cm³/mol. The third-order valence-electron chi connectivity index (χ3n) is 3.58. The Morgan fingerprint density at radius 1 is 1.29 bits per heavy atom. The second-order valence-corrected chi connectivity index (χ2v) is 6.47. The number of hydrogen-bond acceptors (Lipinski definition) is 7. The number of likely N-dealkylation sites (N-methyl/N-ethyl adjacent to an activating group) is 1. The fourth-order valence-corrected chi connectivity index (χ4v) is 3.15. The SMILES string of the molecule is CCN(CC=O)C(=O)Nc1nc2c(OC)cccc2s1.CCOC(C)OCC. The monoisotopic (exact) mass is 411 g/mol. The number of anilines is 1. The zero-order valence-corrected chi connectivity index (χ0v) is 17.9. The van der Waals surface area contributed by atoms with Crippen molar-refractivity contribution in [3.05, 3.63) is 18.2 Å². The van der Waals surface area contributed by atoms with Crippen LogP contribution in [0.5, 0.6) is 5.75 Å². The molecule has 1 N–H and O–H groups in total. The summed E-state index contributed by atoms with van der Waals surface area (Å²) in [6.45, 7) is 9.58. The Bertz CT molecular complexity index is 731. The van der Waals surface area contributed by atoms with Crippen LogP contribution in [0.3, 0.4) is 0 Å². The Balaban J connectivity index is 0.000000416. The summed E-state index contributed by atoms with van der Waals surface area (Å²) in [7, 11) is 1.58. The van der Waals surface area contributed by atoms with E-state index in [1.165, 1.54) is 16.2 Å². The highest BCUT2D eigenvalue weighted by Crippen LogP contribution is 2.32. The molecule has 156 valence electrons. The van der Waals surface area contributed by atoms with Crippen molar-refractivity contribution in [2.24, 2.45) is 0 Å². The van der Waals surface area contributed by atoms with Crippen molar-refractivity contribution in [2.75, 3.05) is 38.7 Å². The fourth-order valence-electron chi connectivity index (χ4n) is 2.28. The molecule has 0 saturated carbocycles. The third kappa shape index (κ3) is 7.41.